The molecule has 3 rings (SSSR count). The minimum Gasteiger partial charge on any atom is -0.272 e. The Labute approximate surface area is 113 Å². The number of nitrogens with two attached hydrogens (primary N) is 1. The first-order valence-corrected chi connectivity index (χ1v) is 6.89. The Morgan fingerprint density at radius 1 is 1.47 bits per heavy atom. The number of rotatable bonds is 5. The van der Waals surface area contributed by atoms with Crippen molar-refractivity contribution in [2.45, 2.75) is 38.3 Å². The van der Waals surface area contributed by atoms with Crippen LogP contribution in [0.4, 0.5) is 0 Å². The average Bonchev–Trinajstić information content (AvgIpc) is 2.85. The van der Waals surface area contributed by atoms with Crippen LogP contribution in [0.25, 0.3) is 0 Å². The van der Waals surface area contributed by atoms with Gasteiger partial charge in [-0.15, -0.1) is 0 Å². The van der Waals surface area contributed by atoms with Gasteiger partial charge in [-0.3, -0.25) is 16.0 Å². The fourth-order valence-electron chi connectivity index (χ4n) is 2.93. The van der Waals surface area contributed by atoms with Crippen molar-refractivity contribution >= 4 is 0 Å². The minimum atomic E-state index is 0.153. The van der Waals surface area contributed by atoms with Crippen molar-refractivity contribution in [3.05, 3.63) is 53.3 Å². The van der Waals surface area contributed by atoms with Crippen molar-refractivity contribution in [2.24, 2.45) is 5.84 Å². The second-order valence-corrected chi connectivity index (χ2v) is 5.19. The van der Waals surface area contributed by atoms with E-state index < -0.39 is 0 Å². The summed E-state index contributed by atoms with van der Waals surface area (Å²) < 4.78 is 1.99. The lowest BCUT2D eigenvalue weighted by Crippen LogP contribution is -2.37. The number of hydrazine groups is 1. The molecule has 100 valence electrons. The number of aromatic nitrogens is 2. The highest BCUT2D eigenvalue weighted by molar-refractivity contribution is 5.42. The molecule has 0 aliphatic heterocycles. The number of nitrogens with zero attached hydrogens (tertiary/aromatic N) is 2. The molecule has 4 heteroatoms. The molecule has 3 N–H and O–H groups in total. The predicted octanol–water partition coefficient (Wildman–Crippen LogP) is 2.14. The quantitative estimate of drug-likeness (QED) is 0.636. The van der Waals surface area contributed by atoms with Gasteiger partial charge in [-0.2, -0.15) is 5.10 Å². The molecule has 1 aliphatic rings. The second-order valence-electron chi connectivity index (χ2n) is 5.19. The Morgan fingerprint density at radius 2 is 2.32 bits per heavy atom. The van der Waals surface area contributed by atoms with Gasteiger partial charge < -0.3 is 0 Å². The van der Waals surface area contributed by atoms with Gasteiger partial charge in [0.15, 0.2) is 0 Å². The van der Waals surface area contributed by atoms with Crippen LogP contribution in [0.5, 0.6) is 0 Å². The molecule has 4 nitrogen and oxygen atoms in total. The summed E-state index contributed by atoms with van der Waals surface area (Å²) in [7, 11) is 0. The molecule has 2 aromatic rings. The van der Waals surface area contributed by atoms with Gasteiger partial charge in [0.2, 0.25) is 0 Å². The molecular weight excluding hydrogens is 236 g/mol. The molecule has 1 aromatic carbocycles. The number of aryl methyl sites for hydroxylation is 1. The van der Waals surface area contributed by atoms with Crippen LogP contribution < -0.4 is 11.3 Å². The molecule has 0 fully saturated rings. The molecule has 1 heterocycles. The largest absolute Gasteiger partial charge is 0.272 e. The SMILES string of the molecule is CCCn1cc(C(NN)C2Cc3ccccc32)cn1. The average molecular weight is 256 g/mol. The normalized spacial score (nSPS) is 18.7. The van der Waals surface area contributed by atoms with Crippen LogP contribution in [0.2, 0.25) is 0 Å². The highest BCUT2D eigenvalue weighted by atomic mass is 15.3. The summed E-state index contributed by atoms with van der Waals surface area (Å²) in [5, 5.41) is 4.39. The lowest BCUT2D eigenvalue weighted by Gasteiger charge is -2.35. The molecule has 1 aromatic heterocycles. The van der Waals surface area contributed by atoms with Gasteiger partial charge in [0.05, 0.1) is 12.2 Å². The van der Waals surface area contributed by atoms with Crippen LogP contribution in [0, 0.1) is 0 Å². The van der Waals surface area contributed by atoms with E-state index in [2.05, 4.69) is 47.9 Å². The van der Waals surface area contributed by atoms with Gasteiger partial charge in [-0.05, 0) is 24.0 Å². The van der Waals surface area contributed by atoms with Crippen LogP contribution in [0.3, 0.4) is 0 Å². The molecule has 2 unspecified atom stereocenters. The highest BCUT2D eigenvalue weighted by Gasteiger charge is 2.33. The number of hydrogen-bond acceptors (Lipinski definition) is 3. The maximum atomic E-state index is 5.77. The Balaban J connectivity index is 1.82. The zero-order valence-electron chi connectivity index (χ0n) is 11.2. The summed E-state index contributed by atoms with van der Waals surface area (Å²) in [6.45, 7) is 3.11. The van der Waals surface area contributed by atoms with Gasteiger partial charge in [0.25, 0.3) is 0 Å². The van der Waals surface area contributed by atoms with Crippen LogP contribution in [-0.4, -0.2) is 9.78 Å². The lowest BCUT2D eigenvalue weighted by atomic mass is 9.72. The zero-order chi connectivity index (χ0) is 13.2. The van der Waals surface area contributed by atoms with E-state index in [9.17, 15) is 0 Å². The number of fused-ring (bicyclic) bond motifs is 1. The summed E-state index contributed by atoms with van der Waals surface area (Å²) in [4.78, 5) is 0. The minimum absolute atomic E-state index is 0.153. The van der Waals surface area contributed by atoms with Gasteiger partial charge in [0, 0.05) is 24.2 Å². The van der Waals surface area contributed by atoms with E-state index in [4.69, 9.17) is 5.84 Å². The van der Waals surface area contributed by atoms with Crippen molar-refractivity contribution in [1.29, 1.82) is 0 Å². The van der Waals surface area contributed by atoms with Crippen LogP contribution in [0.15, 0.2) is 36.7 Å². The summed E-state index contributed by atoms with van der Waals surface area (Å²) in [6.07, 6.45) is 6.22. The van der Waals surface area contributed by atoms with E-state index in [1.807, 2.05) is 10.9 Å². The van der Waals surface area contributed by atoms with E-state index in [0.717, 1.165) is 19.4 Å². The third kappa shape index (κ3) is 2.17. The Hall–Kier alpha value is -1.65. The summed E-state index contributed by atoms with van der Waals surface area (Å²) in [6, 6.07) is 8.74. The monoisotopic (exact) mass is 256 g/mol. The first kappa shape index (κ1) is 12.4. The first-order chi connectivity index (χ1) is 9.33. The van der Waals surface area contributed by atoms with E-state index in [1.54, 1.807) is 0 Å². The Bertz CT molecular complexity index is 561. The van der Waals surface area contributed by atoms with Crippen molar-refractivity contribution in [2.75, 3.05) is 0 Å². The molecule has 1 aliphatic carbocycles. The molecule has 0 bridgehead atoms. The molecule has 0 amide bonds. The van der Waals surface area contributed by atoms with Gasteiger partial charge in [-0.25, -0.2) is 0 Å². The van der Waals surface area contributed by atoms with Gasteiger partial charge in [0.1, 0.15) is 0 Å². The fraction of sp³-hybridized carbons (Fsp3) is 0.400. The zero-order valence-corrected chi connectivity index (χ0v) is 11.2. The number of benzene rings is 1. The van der Waals surface area contributed by atoms with Crippen molar-refractivity contribution in [1.82, 2.24) is 15.2 Å². The maximum absolute atomic E-state index is 5.77. The van der Waals surface area contributed by atoms with Gasteiger partial charge >= 0.3 is 0 Å². The highest BCUT2D eigenvalue weighted by Crippen LogP contribution is 2.42. The maximum Gasteiger partial charge on any atom is 0.0562 e. The molecular formula is C15H20N4. The molecule has 19 heavy (non-hydrogen) atoms. The van der Waals surface area contributed by atoms with E-state index >= 15 is 0 Å². The van der Waals surface area contributed by atoms with Crippen molar-refractivity contribution in [3.63, 3.8) is 0 Å². The predicted molar refractivity (Wildman–Crippen MR) is 75.5 cm³/mol. The topological polar surface area (TPSA) is 55.9 Å². The molecule has 2 atom stereocenters. The van der Waals surface area contributed by atoms with Crippen LogP contribution in [-0.2, 0) is 13.0 Å². The summed E-state index contributed by atoms with van der Waals surface area (Å²) in [5.74, 6) is 6.23. The number of hydrogen-bond donors (Lipinski definition) is 2. The van der Waals surface area contributed by atoms with E-state index in [-0.39, 0.29) is 6.04 Å². The van der Waals surface area contributed by atoms with E-state index in [1.165, 1.54) is 16.7 Å². The Morgan fingerprint density at radius 3 is 3.05 bits per heavy atom. The summed E-state index contributed by atoms with van der Waals surface area (Å²) >= 11 is 0. The standard InChI is InChI=1S/C15H20N4/c1-2-7-19-10-12(9-17-19)15(18-16)14-8-11-5-3-4-6-13(11)14/h3-6,9-10,14-15,18H,2,7-8,16H2,1H3. The van der Waals surface area contributed by atoms with Crippen LogP contribution >= 0.6 is 0 Å². The molecule has 0 saturated carbocycles. The van der Waals surface area contributed by atoms with Gasteiger partial charge in [-0.1, -0.05) is 31.2 Å². The lowest BCUT2D eigenvalue weighted by molar-refractivity contribution is 0.418. The van der Waals surface area contributed by atoms with Crippen molar-refractivity contribution in [3.8, 4) is 0 Å². The van der Waals surface area contributed by atoms with Crippen molar-refractivity contribution < 1.29 is 0 Å². The molecule has 0 spiro atoms. The second kappa shape index (κ2) is 5.15. The third-order valence-electron chi connectivity index (χ3n) is 3.94. The van der Waals surface area contributed by atoms with Crippen LogP contribution in [0.1, 0.15) is 42.0 Å². The third-order valence-corrected chi connectivity index (χ3v) is 3.94. The Kier molecular flexibility index (Phi) is 3.36. The summed E-state index contributed by atoms with van der Waals surface area (Å²) in [5.41, 5.74) is 6.99. The fourth-order valence-corrected chi connectivity index (χ4v) is 2.93. The number of nitrogens with one attached hydrogen (secondary N) is 1. The smallest absolute Gasteiger partial charge is 0.0562 e. The first-order valence-electron chi connectivity index (χ1n) is 6.89. The van der Waals surface area contributed by atoms with E-state index in [0.29, 0.717) is 5.92 Å². The molecule has 0 radical (unpaired) electrons. The molecule has 0 saturated heterocycles.